The Hall–Kier alpha value is -1.62. The highest BCUT2D eigenvalue weighted by Crippen LogP contribution is 2.13. The molecule has 2 aromatic heterocycles. The minimum absolute atomic E-state index is 0.0240. The molecule has 1 aliphatic heterocycles. The minimum atomic E-state index is -0.0240. The molecule has 0 aromatic carbocycles. The Morgan fingerprint density at radius 3 is 3.18 bits per heavy atom. The van der Waals surface area contributed by atoms with Gasteiger partial charge in [0, 0.05) is 23.5 Å². The number of nitrogens with one attached hydrogen (secondary N) is 2. The maximum atomic E-state index is 11.9. The van der Waals surface area contributed by atoms with Gasteiger partial charge in [-0.2, -0.15) is 0 Å². The van der Waals surface area contributed by atoms with Gasteiger partial charge in [0.15, 0.2) is 5.65 Å². The highest BCUT2D eigenvalue weighted by molar-refractivity contribution is 5.39. The second kappa shape index (κ2) is 4.00. The quantitative estimate of drug-likeness (QED) is 0.792. The van der Waals surface area contributed by atoms with Crippen molar-refractivity contribution in [1.29, 1.82) is 0 Å². The number of rotatable bonds is 2. The molecule has 5 nitrogen and oxygen atoms in total. The van der Waals surface area contributed by atoms with Crippen molar-refractivity contribution in [2.75, 3.05) is 13.1 Å². The summed E-state index contributed by atoms with van der Waals surface area (Å²) in [5.41, 5.74) is 2.55. The van der Waals surface area contributed by atoms with E-state index in [0.717, 1.165) is 36.5 Å². The normalized spacial score (nSPS) is 20.2. The number of aromatic nitrogens is 3. The van der Waals surface area contributed by atoms with Gasteiger partial charge >= 0.3 is 0 Å². The fourth-order valence-electron chi connectivity index (χ4n) is 2.45. The maximum Gasteiger partial charge on any atom is 0.272 e. The fraction of sp³-hybridized carbons (Fsp3) is 0.500. The van der Waals surface area contributed by atoms with Crippen LogP contribution in [0.4, 0.5) is 0 Å². The third-order valence-corrected chi connectivity index (χ3v) is 3.29. The number of fused-ring (bicyclic) bond motifs is 1. The second-order valence-electron chi connectivity index (χ2n) is 4.78. The van der Waals surface area contributed by atoms with Crippen molar-refractivity contribution in [1.82, 2.24) is 19.9 Å². The molecule has 2 N–H and O–H groups in total. The molecule has 0 aliphatic carbocycles. The Balaban J connectivity index is 1.96. The predicted octanol–water partition coefficient (Wildman–Crippen LogP) is 0.483. The van der Waals surface area contributed by atoms with Gasteiger partial charge in [0.25, 0.3) is 5.56 Å². The Bertz CT molecular complexity index is 592. The van der Waals surface area contributed by atoms with E-state index >= 15 is 0 Å². The molecule has 3 heterocycles. The van der Waals surface area contributed by atoms with Crippen LogP contribution in [0.25, 0.3) is 5.65 Å². The van der Waals surface area contributed by atoms with Crippen molar-refractivity contribution < 1.29 is 0 Å². The van der Waals surface area contributed by atoms with E-state index in [0.29, 0.717) is 5.92 Å². The van der Waals surface area contributed by atoms with E-state index in [1.165, 1.54) is 10.9 Å². The van der Waals surface area contributed by atoms with Crippen LogP contribution >= 0.6 is 0 Å². The van der Waals surface area contributed by atoms with Gasteiger partial charge in [-0.3, -0.25) is 9.89 Å². The van der Waals surface area contributed by atoms with Gasteiger partial charge < -0.3 is 5.32 Å². The Labute approximate surface area is 98.9 Å². The number of nitrogens with zero attached hydrogens (tertiary/aromatic N) is 2. The number of hydrogen-bond donors (Lipinski definition) is 2. The van der Waals surface area contributed by atoms with Crippen LogP contribution in [0.5, 0.6) is 0 Å². The van der Waals surface area contributed by atoms with Crippen molar-refractivity contribution in [2.24, 2.45) is 5.92 Å². The standard InChI is InChI=1S/C12H16N4O/c1-8-4-11-14-10(5-9-2-3-13-7-9)6-12(17)16(11)15-8/h4,6,9,13,15H,2-3,5,7H2,1H3. The van der Waals surface area contributed by atoms with Crippen LogP contribution < -0.4 is 10.9 Å². The molecule has 90 valence electrons. The van der Waals surface area contributed by atoms with Crippen LogP contribution in [0.2, 0.25) is 0 Å². The molecule has 0 radical (unpaired) electrons. The largest absolute Gasteiger partial charge is 0.316 e. The lowest BCUT2D eigenvalue weighted by Crippen LogP contribution is -2.18. The Morgan fingerprint density at radius 1 is 1.53 bits per heavy atom. The molecule has 17 heavy (non-hydrogen) atoms. The average Bonchev–Trinajstić information content (AvgIpc) is 2.87. The predicted molar refractivity (Wildman–Crippen MR) is 65.2 cm³/mol. The zero-order valence-electron chi connectivity index (χ0n) is 9.86. The van der Waals surface area contributed by atoms with Crippen molar-refractivity contribution >= 4 is 5.65 Å². The lowest BCUT2D eigenvalue weighted by Gasteiger charge is -2.06. The summed E-state index contributed by atoms with van der Waals surface area (Å²) < 4.78 is 1.49. The summed E-state index contributed by atoms with van der Waals surface area (Å²) in [6.45, 7) is 4.04. The van der Waals surface area contributed by atoms with Crippen LogP contribution in [-0.2, 0) is 6.42 Å². The topological polar surface area (TPSA) is 62.2 Å². The van der Waals surface area contributed by atoms with E-state index in [-0.39, 0.29) is 5.56 Å². The molecule has 0 spiro atoms. The SMILES string of the molecule is Cc1cc2nc(CC3CCNC3)cc(=O)n2[nH]1. The van der Waals surface area contributed by atoms with Gasteiger partial charge in [0.1, 0.15) is 0 Å². The fourth-order valence-corrected chi connectivity index (χ4v) is 2.45. The molecule has 1 fully saturated rings. The summed E-state index contributed by atoms with van der Waals surface area (Å²) in [7, 11) is 0. The minimum Gasteiger partial charge on any atom is -0.316 e. The molecule has 3 rings (SSSR count). The molecule has 1 atom stereocenters. The van der Waals surface area contributed by atoms with Crippen LogP contribution in [-0.4, -0.2) is 27.7 Å². The molecular weight excluding hydrogens is 216 g/mol. The lowest BCUT2D eigenvalue weighted by atomic mass is 10.0. The third-order valence-electron chi connectivity index (χ3n) is 3.29. The van der Waals surface area contributed by atoms with Crippen molar-refractivity contribution in [3.05, 3.63) is 33.9 Å². The molecule has 2 aromatic rings. The van der Waals surface area contributed by atoms with Gasteiger partial charge in [-0.15, -0.1) is 0 Å². The summed E-state index contributed by atoms with van der Waals surface area (Å²) in [6, 6.07) is 3.54. The van der Waals surface area contributed by atoms with Crippen LogP contribution in [0.1, 0.15) is 17.8 Å². The number of aromatic amines is 1. The van der Waals surface area contributed by atoms with E-state index in [2.05, 4.69) is 15.4 Å². The van der Waals surface area contributed by atoms with Crippen LogP contribution in [0.15, 0.2) is 16.9 Å². The number of hydrogen-bond acceptors (Lipinski definition) is 3. The first-order chi connectivity index (χ1) is 8.22. The Kier molecular flexibility index (Phi) is 2.48. The molecule has 0 saturated carbocycles. The van der Waals surface area contributed by atoms with Crippen LogP contribution in [0, 0.1) is 12.8 Å². The maximum absolute atomic E-state index is 11.9. The molecule has 1 aliphatic rings. The highest BCUT2D eigenvalue weighted by atomic mass is 16.1. The highest BCUT2D eigenvalue weighted by Gasteiger charge is 2.16. The monoisotopic (exact) mass is 232 g/mol. The number of H-pyrrole nitrogens is 1. The number of aryl methyl sites for hydroxylation is 1. The molecule has 0 bridgehead atoms. The van der Waals surface area contributed by atoms with Crippen molar-refractivity contribution in [2.45, 2.75) is 19.8 Å². The second-order valence-corrected chi connectivity index (χ2v) is 4.78. The Morgan fingerprint density at radius 2 is 2.41 bits per heavy atom. The van der Waals surface area contributed by atoms with Gasteiger partial charge in [-0.25, -0.2) is 9.50 Å². The first-order valence-corrected chi connectivity index (χ1v) is 6.01. The van der Waals surface area contributed by atoms with Gasteiger partial charge in [-0.05, 0) is 38.8 Å². The zero-order chi connectivity index (χ0) is 11.8. The molecule has 5 heteroatoms. The van der Waals surface area contributed by atoms with E-state index in [1.807, 2.05) is 13.0 Å². The van der Waals surface area contributed by atoms with E-state index in [9.17, 15) is 4.79 Å². The van der Waals surface area contributed by atoms with E-state index in [1.54, 1.807) is 6.07 Å². The molecule has 1 unspecified atom stereocenters. The van der Waals surface area contributed by atoms with E-state index in [4.69, 9.17) is 0 Å². The van der Waals surface area contributed by atoms with Crippen molar-refractivity contribution in [3.8, 4) is 0 Å². The van der Waals surface area contributed by atoms with Gasteiger partial charge in [0.05, 0.1) is 0 Å². The lowest BCUT2D eigenvalue weighted by molar-refractivity contribution is 0.571. The summed E-state index contributed by atoms with van der Waals surface area (Å²) in [4.78, 5) is 16.4. The third kappa shape index (κ3) is 1.98. The van der Waals surface area contributed by atoms with Crippen molar-refractivity contribution in [3.63, 3.8) is 0 Å². The first kappa shape index (κ1) is 10.5. The summed E-state index contributed by atoms with van der Waals surface area (Å²) in [5, 5.41) is 6.31. The van der Waals surface area contributed by atoms with E-state index < -0.39 is 0 Å². The van der Waals surface area contributed by atoms with Gasteiger partial charge in [0.2, 0.25) is 0 Å². The smallest absolute Gasteiger partial charge is 0.272 e. The van der Waals surface area contributed by atoms with Gasteiger partial charge in [-0.1, -0.05) is 0 Å². The zero-order valence-corrected chi connectivity index (χ0v) is 9.86. The molecular formula is C12H16N4O. The summed E-state index contributed by atoms with van der Waals surface area (Å²) in [5.74, 6) is 0.615. The summed E-state index contributed by atoms with van der Waals surface area (Å²) >= 11 is 0. The molecule has 1 saturated heterocycles. The van der Waals surface area contributed by atoms with Crippen LogP contribution in [0.3, 0.4) is 0 Å². The average molecular weight is 232 g/mol. The first-order valence-electron chi connectivity index (χ1n) is 6.01. The summed E-state index contributed by atoms with van der Waals surface area (Å²) in [6.07, 6.45) is 2.07. The molecule has 0 amide bonds.